The Morgan fingerprint density at radius 2 is 2.62 bits per heavy atom. The zero-order chi connectivity index (χ0) is 11.4. The summed E-state index contributed by atoms with van der Waals surface area (Å²) in [6, 6.07) is 1.71. The van der Waals surface area contributed by atoms with Crippen LogP contribution >= 0.6 is 0 Å². The average Bonchev–Trinajstić information content (AvgIpc) is 2.30. The van der Waals surface area contributed by atoms with E-state index in [1.165, 1.54) is 0 Å². The van der Waals surface area contributed by atoms with E-state index in [1.807, 2.05) is 4.90 Å². The highest BCUT2D eigenvalue weighted by atomic mass is 16.4. The zero-order valence-electron chi connectivity index (χ0n) is 8.76. The first-order valence-electron chi connectivity index (χ1n) is 5.15. The topological polar surface area (TPSA) is 78.4 Å². The third-order valence-electron chi connectivity index (χ3n) is 2.58. The minimum atomic E-state index is -0.795. The normalized spacial score (nSPS) is 20.8. The van der Waals surface area contributed by atoms with Crippen molar-refractivity contribution in [2.45, 2.75) is 12.5 Å². The van der Waals surface area contributed by atoms with Gasteiger partial charge in [-0.15, -0.1) is 0 Å². The van der Waals surface area contributed by atoms with Gasteiger partial charge in [0.25, 0.3) is 0 Å². The monoisotopic (exact) mass is 221 g/mol. The number of nitrogens with zero attached hydrogens (tertiary/aromatic N) is 3. The fourth-order valence-corrected chi connectivity index (χ4v) is 1.86. The molecule has 1 aromatic heterocycles. The molecule has 0 bridgehead atoms. The first-order chi connectivity index (χ1) is 7.77. The molecule has 0 aliphatic carbocycles. The molecule has 1 radical (unpaired) electrons. The maximum Gasteiger partial charge on any atom is 0.305 e. The second kappa shape index (κ2) is 4.89. The Morgan fingerprint density at radius 3 is 3.31 bits per heavy atom. The van der Waals surface area contributed by atoms with E-state index in [-0.39, 0.29) is 12.5 Å². The van der Waals surface area contributed by atoms with E-state index < -0.39 is 5.97 Å². The third kappa shape index (κ3) is 2.46. The van der Waals surface area contributed by atoms with Crippen LogP contribution in [-0.4, -0.2) is 46.7 Å². The summed E-state index contributed by atoms with van der Waals surface area (Å²) >= 11 is 0. The molecule has 2 rings (SSSR count). The summed E-state index contributed by atoms with van der Waals surface area (Å²) in [5, 5.41) is 12.0. The number of hydrogen-bond donors (Lipinski definition) is 2. The quantitative estimate of drug-likeness (QED) is 0.718. The van der Waals surface area contributed by atoms with Gasteiger partial charge in [0.15, 0.2) is 6.33 Å². The minimum Gasteiger partial charge on any atom is -0.481 e. The molecule has 6 nitrogen and oxygen atoms in total. The Labute approximate surface area is 93.3 Å². The number of carbonyl (C=O) groups is 1. The van der Waals surface area contributed by atoms with Gasteiger partial charge in [0, 0.05) is 25.8 Å². The number of carboxylic acids is 1. The Hall–Kier alpha value is -1.69. The summed E-state index contributed by atoms with van der Waals surface area (Å²) in [4.78, 5) is 20.5. The number of nitrogens with one attached hydrogen (secondary N) is 1. The summed E-state index contributed by atoms with van der Waals surface area (Å²) < 4.78 is 0. The Bertz CT molecular complexity index is 357. The van der Waals surface area contributed by atoms with Gasteiger partial charge in [0.05, 0.1) is 12.5 Å². The Morgan fingerprint density at radius 1 is 1.75 bits per heavy atom. The number of anilines is 1. The largest absolute Gasteiger partial charge is 0.481 e. The lowest BCUT2D eigenvalue weighted by Crippen LogP contribution is -2.52. The van der Waals surface area contributed by atoms with Crippen LogP contribution in [0.25, 0.3) is 0 Å². The molecule has 1 saturated heterocycles. The molecule has 1 atom stereocenters. The molecule has 2 heterocycles. The van der Waals surface area contributed by atoms with Crippen molar-refractivity contribution in [3.63, 3.8) is 0 Å². The van der Waals surface area contributed by atoms with E-state index in [0.29, 0.717) is 6.54 Å². The van der Waals surface area contributed by atoms with Gasteiger partial charge in [-0.25, -0.2) is 9.97 Å². The summed E-state index contributed by atoms with van der Waals surface area (Å²) in [5.41, 5.74) is 0. The number of aliphatic carboxylic acids is 1. The number of hydrogen-bond acceptors (Lipinski definition) is 5. The van der Waals surface area contributed by atoms with Gasteiger partial charge in [-0.05, 0) is 6.07 Å². The second-order valence-electron chi connectivity index (χ2n) is 3.66. The molecule has 1 unspecified atom stereocenters. The molecule has 1 aliphatic heterocycles. The van der Waals surface area contributed by atoms with Crippen LogP contribution in [0.4, 0.5) is 5.82 Å². The predicted octanol–water partition coefficient (Wildman–Crippen LogP) is -0.470. The molecule has 0 aromatic carbocycles. The van der Waals surface area contributed by atoms with Crippen LogP contribution in [0.1, 0.15) is 6.42 Å². The van der Waals surface area contributed by atoms with E-state index in [1.54, 1.807) is 12.3 Å². The number of aromatic nitrogens is 2. The third-order valence-corrected chi connectivity index (χ3v) is 2.58. The fraction of sp³-hybridized carbons (Fsp3) is 0.500. The van der Waals surface area contributed by atoms with Crippen LogP contribution < -0.4 is 10.2 Å². The fourth-order valence-electron chi connectivity index (χ4n) is 1.86. The highest BCUT2D eigenvalue weighted by Gasteiger charge is 2.25. The van der Waals surface area contributed by atoms with E-state index in [9.17, 15) is 4.79 Å². The van der Waals surface area contributed by atoms with E-state index in [0.717, 1.165) is 18.9 Å². The standard InChI is InChI=1S/C10H13N4O2/c15-10(16)5-8-6-11-3-4-14(8)9-1-2-12-7-13-9/h1-2,8,11H,3-6H2,(H,15,16). The van der Waals surface area contributed by atoms with Crippen molar-refractivity contribution in [1.29, 1.82) is 0 Å². The molecule has 0 saturated carbocycles. The summed E-state index contributed by atoms with van der Waals surface area (Å²) in [7, 11) is 0. The van der Waals surface area contributed by atoms with Crippen molar-refractivity contribution in [1.82, 2.24) is 15.3 Å². The molecule has 1 aromatic rings. The van der Waals surface area contributed by atoms with E-state index in [2.05, 4.69) is 21.6 Å². The number of carboxylic acid groups (broad SMARTS) is 1. The van der Waals surface area contributed by atoms with Crippen LogP contribution in [0.15, 0.2) is 12.3 Å². The van der Waals surface area contributed by atoms with E-state index >= 15 is 0 Å². The maximum atomic E-state index is 10.7. The van der Waals surface area contributed by atoms with Gasteiger partial charge < -0.3 is 15.3 Å². The van der Waals surface area contributed by atoms with Gasteiger partial charge in [-0.3, -0.25) is 4.79 Å². The molecular weight excluding hydrogens is 208 g/mol. The Balaban J connectivity index is 2.13. The molecular formula is C10H13N4O2. The number of piperazine rings is 1. The smallest absolute Gasteiger partial charge is 0.305 e. The summed E-state index contributed by atoms with van der Waals surface area (Å²) in [6.45, 7) is 2.25. The van der Waals surface area contributed by atoms with Crippen LogP contribution in [0, 0.1) is 6.33 Å². The van der Waals surface area contributed by atoms with E-state index in [4.69, 9.17) is 5.11 Å². The molecule has 2 N–H and O–H groups in total. The zero-order valence-corrected chi connectivity index (χ0v) is 8.76. The highest BCUT2D eigenvalue weighted by molar-refractivity contribution is 5.68. The summed E-state index contributed by atoms with van der Waals surface area (Å²) in [6.07, 6.45) is 4.24. The van der Waals surface area contributed by atoms with Crippen molar-refractivity contribution in [3.05, 3.63) is 18.6 Å². The molecule has 0 spiro atoms. The predicted molar refractivity (Wildman–Crippen MR) is 57.1 cm³/mol. The molecule has 16 heavy (non-hydrogen) atoms. The van der Waals surface area contributed by atoms with Gasteiger partial charge >= 0.3 is 5.97 Å². The lowest BCUT2D eigenvalue weighted by molar-refractivity contribution is -0.137. The van der Waals surface area contributed by atoms with Crippen LogP contribution in [0.3, 0.4) is 0 Å². The van der Waals surface area contributed by atoms with Crippen molar-refractivity contribution < 1.29 is 9.90 Å². The molecule has 1 aliphatic rings. The van der Waals surface area contributed by atoms with Gasteiger partial charge in [-0.1, -0.05) is 0 Å². The summed E-state index contributed by atoms with van der Waals surface area (Å²) in [5.74, 6) is -0.0560. The van der Waals surface area contributed by atoms with Gasteiger partial charge in [0.2, 0.25) is 0 Å². The van der Waals surface area contributed by atoms with Gasteiger partial charge in [0.1, 0.15) is 5.82 Å². The van der Waals surface area contributed by atoms with Crippen LogP contribution in [-0.2, 0) is 4.79 Å². The van der Waals surface area contributed by atoms with Crippen molar-refractivity contribution in [2.75, 3.05) is 24.5 Å². The lowest BCUT2D eigenvalue weighted by Gasteiger charge is -2.36. The SMILES string of the molecule is O=C(O)CC1CNCCN1c1ccn[c]n1. The average molecular weight is 221 g/mol. The van der Waals surface area contributed by atoms with Crippen molar-refractivity contribution >= 4 is 11.8 Å². The molecule has 85 valence electrons. The highest BCUT2D eigenvalue weighted by Crippen LogP contribution is 2.16. The van der Waals surface area contributed by atoms with Gasteiger partial charge in [-0.2, -0.15) is 0 Å². The molecule has 1 fully saturated rings. The van der Waals surface area contributed by atoms with Crippen LogP contribution in [0.5, 0.6) is 0 Å². The lowest BCUT2D eigenvalue weighted by atomic mass is 10.1. The minimum absolute atomic E-state index is 0.0606. The maximum absolute atomic E-state index is 10.7. The molecule has 0 amide bonds. The second-order valence-corrected chi connectivity index (χ2v) is 3.66. The first-order valence-corrected chi connectivity index (χ1v) is 5.15. The Kier molecular flexibility index (Phi) is 3.31. The molecule has 6 heteroatoms. The van der Waals surface area contributed by atoms with Crippen molar-refractivity contribution in [3.8, 4) is 0 Å². The van der Waals surface area contributed by atoms with Crippen LogP contribution in [0.2, 0.25) is 0 Å². The van der Waals surface area contributed by atoms with Crippen molar-refractivity contribution in [2.24, 2.45) is 0 Å². The first kappa shape index (κ1) is 10.8. The number of rotatable bonds is 3.